The quantitative estimate of drug-likeness (QED) is 0.768. The molecule has 0 amide bonds. The van der Waals surface area contributed by atoms with Crippen molar-refractivity contribution in [2.75, 3.05) is 25.1 Å². The van der Waals surface area contributed by atoms with Crippen LogP contribution in [0.3, 0.4) is 0 Å². The van der Waals surface area contributed by atoms with Crippen LogP contribution in [0.4, 0.5) is 19.1 Å². The molecule has 0 atom stereocenters. The molecule has 0 unspecified atom stereocenters. The molecule has 0 radical (unpaired) electrons. The third-order valence-corrected chi connectivity index (χ3v) is 5.55. The van der Waals surface area contributed by atoms with Gasteiger partial charge in [-0.1, -0.05) is 0 Å². The molecule has 1 aromatic heterocycles. The van der Waals surface area contributed by atoms with E-state index in [-0.39, 0.29) is 23.3 Å². The molecule has 12 heteroatoms. The highest BCUT2D eigenvalue weighted by atomic mass is 32.2. The maximum absolute atomic E-state index is 12.6. The largest absolute Gasteiger partial charge is 0.467 e. The van der Waals surface area contributed by atoms with Crippen LogP contribution in [-0.2, 0) is 22.7 Å². The number of ether oxygens (including phenoxy) is 1. The Bertz CT molecular complexity index is 930. The second-order valence-corrected chi connectivity index (χ2v) is 7.85. The van der Waals surface area contributed by atoms with Gasteiger partial charge in [0.25, 0.3) is 0 Å². The number of benzene rings is 1. The van der Waals surface area contributed by atoms with Crippen molar-refractivity contribution in [1.29, 1.82) is 0 Å². The molecule has 2 aromatic rings. The molecule has 1 aliphatic rings. The Labute approximate surface area is 159 Å². The molecule has 0 spiro atoms. The van der Waals surface area contributed by atoms with Crippen LogP contribution in [0, 0.1) is 0 Å². The van der Waals surface area contributed by atoms with Gasteiger partial charge in [-0.05, 0) is 37.1 Å². The zero-order chi connectivity index (χ0) is 20.4. The zero-order valence-electron chi connectivity index (χ0n) is 14.9. The lowest BCUT2D eigenvalue weighted by Crippen LogP contribution is -2.26. The fourth-order valence-corrected chi connectivity index (χ4v) is 3.66. The summed E-state index contributed by atoms with van der Waals surface area (Å²) in [5, 5.41) is 0. The van der Waals surface area contributed by atoms with Gasteiger partial charge >= 0.3 is 12.2 Å². The van der Waals surface area contributed by atoms with Crippen LogP contribution in [-0.4, -0.2) is 43.6 Å². The number of rotatable bonds is 6. The summed E-state index contributed by atoms with van der Waals surface area (Å²) < 4.78 is 69.9. The third kappa shape index (κ3) is 4.68. The minimum atomic E-state index is -4.54. The van der Waals surface area contributed by atoms with Crippen LogP contribution >= 0.6 is 0 Å². The zero-order valence-corrected chi connectivity index (χ0v) is 15.7. The maximum Gasteiger partial charge on any atom is 0.416 e. The lowest BCUT2D eigenvalue weighted by Gasteiger charge is -2.16. The van der Waals surface area contributed by atoms with Gasteiger partial charge in [-0.2, -0.15) is 28.1 Å². The van der Waals surface area contributed by atoms with Crippen molar-refractivity contribution in [1.82, 2.24) is 19.7 Å². The van der Waals surface area contributed by atoms with Crippen LogP contribution in [0.15, 0.2) is 29.2 Å². The van der Waals surface area contributed by atoms with Gasteiger partial charge < -0.3 is 9.64 Å². The Hall–Kier alpha value is -2.47. The lowest BCUT2D eigenvalue weighted by atomic mass is 10.2. The summed E-state index contributed by atoms with van der Waals surface area (Å²) >= 11 is 0. The number of aromatic nitrogens is 3. The monoisotopic (exact) mass is 417 g/mol. The highest BCUT2D eigenvalue weighted by Crippen LogP contribution is 2.29. The van der Waals surface area contributed by atoms with E-state index in [9.17, 15) is 21.6 Å². The van der Waals surface area contributed by atoms with Gasteiger partial charge in [0, 0.05) is 13.1 Å². The average molecular weight is 417 g/mol. The number of hydrogen-bond donors (Lipinski definition) is 1. The molecular formula is C16H18F3N5O3S. The number of anilines is 1. The molecule has 152 valence electrons. The molecule has 28 heavy (non-hydrogen) atoms. The molecule has 1 aliphatic heterocycles. The first-order valence-corrected chi connectivity index (χ1v) is 9.88. The highest BCUT2D eigenvalue weighted by Gasteiger charge is 2.30. The van der Waals surface area contributed by atoms with Crippen LogP contribution < -0.4 is 14.4 Å². The van der Waals surface area contributed by atoms with E-state index in [4.69, 9.17) is 4.74 Å². The molecule has 0 aliphatic carbocycles. The molecule has 1 saturated heterocycles. The summed E-state index contributed by atoms with van der Waals surface area (Å²) in [4.78, 5) is 14.1. The molecule has 2 heterocycles. The summed E-state index contributed by atoms with van der Waals surface area (Å²) in [7, 11) is -2.66. The van der Waals surface area contributed by atoms with Gasteiger partial charge in [0.15, 0.2) is 5.82 Å². The fourth-order valence-electron chi connectivity index (χ4n) is 2.68. The number of hydrogen-bond acceptors (Lipinski definition) is 7. The summed E-state index contributed by atoms with van der Waals surface area (Å²) in [6.07, 6.45) is -2.53. The molecule has 1 N–H and O–H groups in total. The minimum absolute atomic E-state index is 0.0561. The maximum atomic E-state index is 12.6. The molecule has 1 fully saturated rings. The normalized spacial score (nSPS) is 15.1. The molecule has 0 bridgehead atoms. The van der Waals surface area contributed by atoms with Crippen molar-refractivity contribution >= 4 is 16.0 Å². The van der Waals surface area contributed by atoms with Crippen LogP contribution in [0.25, 0.3) is 0 Å². The van der Waals surface area contributed by atoms with Crippen molar-refractivity contribution in [3.05, 3.63) is 35.7 Å². The number of methoxy groups -OCH3 is 1. The van der Waals surface area contributed by atoms with Crippen LogP contribution in [0.1, 0.15) is 24.2 Å². The summed E-state index contributed by atoms with van der Waals surface area (Å²) in [6, 6.07) is 3.28. The number of alkyl halides is 3. The van der Waals surface area contributed by atoms with Gasteiger partial charge in [0.2, 0.25) is 16.0 Å². The Kier molecular flexibility index (Phi) is 5.70. The van der Waals surface area contributed by atoms with Crippen molar-refractivity contribution < 1.29 is 26.3 Å². The highest BCUT2D eigenvalue weighted by molar-refractivity contribution is 7.89. The topological polar surface area (TPSA) is 97.3 Å². The third-order valence-electron chi connectivity index (χ3n) is 4.13. The summed E-state index contributed by atoms with van der Waals surface area (Å²) in [5.74, 6) is 0.539. The van der Waals surface area contributed by atoms with Crippen LogP contribution in [0.2, 0.25) is 0 Å². The predicted octanol–water partition coefficient (Wildman–Crippen LogP) is 1.98. The molecular weight excluding hydrogens is 399 g/mol. The van der Waals surface area contributed by atoms with E-state index in [1.165, 1.54) is 7.11 Å². The van der Waals surface area contributed by atoms with E-state index >= 15 is 0 Å². The Morgan fingerprint density at radius 1 is 1.11 bits per heavy atom. The van der Waals surface area contributed by atoms with Crippen molar-refractivity contribution in [2.24, 2.45) is 0 Å². The van der Waals surface area contributed by atoms with Gasteiger partial charge in [-0.3, -0.25) is 0 Å². The number of nitrogens with one attached hydrogen (secondary N) is 1. The number of sulfonamides is 1. The SMILES string of the molecule is COc1nc(CNS(=O)(=O)c2ccc(C(F)(F)F)cc2)nc(N2CCCC2)n1. The number of halogens is 3. The Morgan fingerprint density at radius 2 is 1.75 bits per heavy atom. The smallest absolute Gasteiger partial charge is 0.416 e. The van der Waals surface area contributed by atoms with Gasteiger partial charge in [-0.15, -0.1) is 0 Å². The van der Waals surface area contributed by atoms with Gasteiger partial charge in [0.05, 0.1) is 24.1 Å². The van der Waals surface area contributed by atoms with Gasteiger partial charge in [0.1, 0.15) is 0 Å². The first-order valence-electron chi connectivity index (χ1n) is 8.40. The summed E-state index contributed by atoms with van der Waals surface area (Å²) in [5.41, 5.74) is -0.927. The van der Waals surface area contributed by atoms with Crippen LogP contribution in [0.5, 0.6) is 6.01 Å². The second-order valence-electron chi connectivity index (χ2n) is 6.08. The van der Waals surface area contributed by atoms with Crippen molar-refractivity contribution in [2.45, 2.75) is 30.5 Å². The van der Waals surface area contributed by atoms with E-state index in [0.29, 0.717) is 18.1 Å². The van der Waals surface area contributed by atoms with E-state index in [2.05, 4.69) is 19.7 Å². The van der Waals surface area contributed by atoms with E-state index in [0.717, 1.165) is 38.1 Å². The first kappa shape index (κ1) is 20.3. The van der Waals surface area contributed by atoms with Gasteiger partial charge in [-0.25, -0.2) is 13.1 Å². The molecule has 8 nitrogen and oxygen atoms in total. The standard InChI is InChI=1S/C16H18F3N5O3S/c1-27-15-22-13(21-14(23-15)24-8-2-3-9-24)10-20-28(25,26)12-6-4-11(5-7-12)16(17,18)19/h4-7,20H,2-3,8-10H2,1H3. The summed E-state index contributed by atoms with van der Waals surface area (Å²) in [6.45, 7) is 1.30. The molecule has 3 rings (SSSR count). The molecule has 1 aromatic carbocycles. The van der Waals surface area contributed by atoms with E-state index < -0.39 is 21.8 Å². The first-order chi connectivity index (χ1) is 13.2. The fraction of sp³-hybridized carbons (Fsp3) is 0.438. The number of nitrogens with zero attached hydrogens (tertiary/aromatic N) is 4. The Balaban J connectivity index is 1.76. The Morgan fingerprint density at radius 3 is 2.32 bits per heavy atom. The molecule has 0 saturated carbocycles. The van der Waals surface area contributed by atoms with E-state index in [1.54, 1.807) is 0 Å². The predicted molar refractivity (Wildman–Crippen MR) is 93.3 cm³/mol. The minimum Gasteiger partial charge on any atom is -0.467 e. The van der Waals surface area contributed by atoms with E-state index in [1.807, 2.05) is 4.90 Å². The average Bonchev–Trinajstić information content (AvgIpc) is 3.20. The lowest BCUT2D eigenvalue weighted by molar-refractivity contribution is -0.137. The second kappa shape index (κ2) is 7.87. The van der Waals surface area contributed by atoms with Crippen molar-refractivity contribution in [3.63, 3.8) is 0 Å². The van der Waals surface area contributed by atoms with Crippen molar-refractivity contribution in [3.8, 4) is 6.01 Å².